The molecule has 0 bridgehead atoms. The fraction of sp³-hybridized carbons (Fsp3) is 0.474. The van der Waals surface area contributed by atoms with Crippen LogP contribution in [0.1, 0.15) is 39.7 Å². The summed E-state index contributed by atoms with van der Waals surface area (Å²) >= 11 is 5.99. The van der Waals surface area contributed by atoms with E-state index in [0.29, 0.717) is 18.2 Å². The van der Waals surface area contributed by atoms with Crippen LogP contribution >= 0.6 is 11.6 Å². The normalized spacial score (nSPS) is 15.9. The van der Waals surface area contributed by atoms with Crippen molar-refractivity contribution in [3.05, 3.63) is 35.7 Å². The predicted octanol–water partition coefficient (Wildman–Crippen LogP) is 3.84. The highest BCUT2D eigenvalue weighted by atomic mass is 35.5. The number of piperidine rings is 1. The first-order valence-electron chi connectivity index (χ1n) is 9.34. The van der Waals surface area contributed by atoms with Gasteiger partial charge in [-0.2, -0.15) is 5.10 Å². The Kier molecular flexibility index (Phi) is 4.74. The number of hydrogen-bond donors (Lipinski definition) is 0. The standard InChI is InChI=1S/C19H23ClN6O2/c1-19(2,3)28-18(27)24-8-4-13(5-9-24)26-11-7-17(23-26)25-10-6-14-15(25)12-16(20)22-21-14/h6-7,10-13H,4-5,8-9H2,1-3H3. The summed E-state index contributed by atoms with van der Waals surface area (Å²) < 4.78 is 9.38. The van der Waals surface area contributed by atoms with Crippen molar-refractivity contribution in [2.45, 2.75) is 45.3 Å². The number of nitrogens with zero attached hydrogens (tertiary/aromatic N) is 6. The van der Waals surface area contributed by atoms with Gasteiger partial charge >= 0.3 is 6.09 Å². The molecule has 0 aliphatic carbocycles. The molecule has 1 saturated heterocycles. The lowest BCUT2D eigenvalue weighted by molar-refractivity contribution is 0.0185. The second-order valence-corrected chi connectivity index (χ2v) is 8.36. The highest BCUT2D eigenvalue weighted by molar-refractivity contribution is 6.29. The van der Waals surface area contributed by atoms with E-state index in [1.54, 1.807) is 11.0 Å². The van der Waals surface area contributed by atoms with Crippen molar-refractivity contribution in [2.24, 2.45) is 0 Å². The van der Waals surface area contributed by atoms with Crippen molar-refractivity contribution in [1.29, 1.82) is 0 Å². The third kappa shape index (κ3) is 3.82. The molecule has 0 N–H and O–H groups in total. The molecule has 0 unspecified atom stereocenters. The van der Waals surface area contributed by atoms with Crippen LogP contribution in [0, 0.1) is 0 Å². The number of hydrogen-bond acceptors (Lipinski definition) is 5. The number of halogens is 1. The molecule has 28 heavy (non-hydrogen) atoms. The second kappa shape index (κ2) is 7.09. The van der Waals surface area contributed by atoms with Crippen LogP contribution in [0.25, 0.3) is 16.9 Å². The molecule has 0 saturated carbocycles. The minimum Gasteiger partial charge on any atom is -0.444 e. The Balaban J connectivity index is 1.45. The molecule has 0 atom stereocenters. The van der Waals surface area contributed by atoms with Crippen molar-refractivity contribution < 1.29 is 9.53 Å². The molecule has 4 heterocycles. The fourth-order valence-corrected chi connectivity index (χ4v) is 3.55. The van der Waals surface area contributed by atoms with Crippen molar-refractivity contribution in [3.8, 4) is 5.82 Å². The van der Waals surface area contributed by atoms with Crippen molar-refractivity contribution in [2.75, 3.05) is 13.1 Å². The fourth-order valence-electron chi connectivity index (χ4n) is 3.40. The maximum absolute atomic E-state index is 12.2. The van der Waals surface area contributed by atoms with Gasteiger partial charge in [0.25, 0.3) is 0 Å². The molecule has 0 radical (unpaired) electrons. The van der Waals surface area contributed by atoms with Gasteiger partial charge in [-0.3, -0.25) is 9.25 Å². The Hall–Kier alpha value is -2.61. The number of ether oxygens (including phenoxy) is 1. The molecular weight excluding hydrogens is 380 g/mol. The van der Waals surface area contributed by atoms with Crippen LogP contribution in [0.3, 0.4) is 0 Å². The largest absolute Gasteiger partial charge is 0.444 e. The maximum atomic E-state index is 12.2. The van der Waals surface area contributed by atoms with E-state index in [1.165, 1.54) is 0 Å². The summed E-state index contributed by atoms with van der Waals surface area (Å²) in [5.74, 6) is 0.800. The minimum absolute atomic E-state index is 0.246. The average molecular weight is 403 g/mol. The zero-order valence-electron chi connectivity index (χ0n) is 16.2. The van der Waals surface area contributed by atoms with Gasteiger partial charge in [-0.05, 0) is 39.7 Å². The first-order chi connectivity index (χ1) is 13.3. The molecule has 1 fully saturated rings. The number of carbonyl (C=O) groups is 1. The van der Waals surface area contributed by atoms with Gasteiger partial charge in [-0.25, -0.2) is 4.79 Å². The lowest BCUT2D eigenvalue weighted by Crippen LogP contribution is -2.42. The predicted molar refractivity (Wildman–Crippen MR) is 106 cm³/mol. The minimum atomic E-state index is -0.475. The molecule has 0 aromatic carbocycles. The third-order valence-electron chi connectivity index (χ3n) is 4.74. The summed E-state index contributed by atoms with van der Waals surface area (Å²) in [5.41, 5.74) is 1.16. The number of likely N-dealkylation sites (tertiary alicyclic amines) is 1. The van der Waals surface area contributed by atoms with Gasteiger partial charge in [0, 0.05) is 37.6 Å². The van der Waals surface area contributed by atoms with Crippen LogP contribution in [0.15, 0.2) is 30.6 Å². The summed E-state index contributed by atoms with van der Waals surface area (Å²) in [6.07, 6.45) is 5.32. The van der Waals surface area contributed by atoms with Crippen molar-refractivity contribution in [1.82, 2.24) is 29.4 Å². The van der Waals surface area contributed by atoms with Gasteiger partial charge in [0.05, 0.1) is 11.6 Å². The van der Waals surface area contributed by atoms with Crippen LogP contribution in [-0.4, -0.2) is 54.2 Å². The maximum Gasteiger partial charge on any atom is 0.410 e. The Morgan fingerprint density at radius 3 is 2.64 bits per heavy atom. The quantitative estimate of drug-likeness (QED) is 0.650. The third-order valence-corrected chi connectivity index (χ3v) is 4.93. The Morgan fingerprint density at radius 2 is 1.93 bits per heavy atom. The number of aromatic nitrogens is 5. The molecule has 0 spiro atoms. The van der Waals surface area contributed by atoms with Gasteiger partial charge in [0.1, 0.15) is 11.1 Å². The van der Waals surface area contributed by atoms with Crippen LogP contribution in [-0.2, 0) is 4.74 Å². The lowest BCUT2D eigenvalue weighted by atomic mass is 10.1. The summed E-state index contributed by atoms with van der Waals surface area (Å²) in [5, 5.41) is 13.0. The highest BCUT2D eigenvalue weighted by Gasteiger charge is 2.28. The monoisotopic (exact) mass is 402 g/mol. The van der Waals surface area contributed by atoms with E-state index in [-0.39, 0.29) is 12.1 Å². The van der Waals surface area contributed by atoms with Crippen LogP contribution < -0.4 is 0 Å². The van der Waals surface area contributed by atoms with Crippen LogP contribution in [0.4, 0.5) is 4.79 Å². The topological polar surface area (TPSA) is 78.1 Å². The van der Waals surface area contributed by atoms with E-state index in [2.05, 4.69) is 10.2 Å². The van der Waals surface area contributed by atoms with Gasteiger partial charge in [-0.15, -0.1) is 10.2 Å². The molecule has 1 aliphatic heterocycles. The molecule has 8 nitrogen and oxygen atoms in total. The Labute approximate surface area is 168 Å². The van der Waals surface area contributed by atoms with Gasteiger partial charge < -0.3 is 9.64 Å². The number of rotatable bonds is 2. The molecule has 148 valence electrons. The summed E-state index contributed by atoms with van der Waals surface area (Å²) in [7, 11) is 0. The average Bonchev–Trinajstić information content (AvgIpc) is 3.26. The van der Waals surface area contributed by atoms with Crippen LogP contribution in [0.2, 0.25) is 5.15 Å². The number of fused-ring (bicyclic) bond motifs is 1. The van der Waals surface area contributed by atoms with Crippen molar-refractivity contribution >= 4 is 28.7 Å². The van der Waals surface area contributed by atoms with Crippen LogP contribution in [0.5, 0.6) is 0 Å². The van der Waals surface area contributed by atoms with E-state index >= 15 is 0 Å². The Bertz CT molecular complexity index is 997. The van der Waals surface area contributed by atoms with E-state index in [1.807, 2.05) is 54.5 Å². The smallest absolute Gasteiger partial charge is 0.410 e. The Morgan fingerprint density at radius 1 is 1.18 bits per heavy atom. The molecular formula is C19H23ClN6O2. The molecule has 4 rings (SSSR count). The first kappa shape index (κ1) is 18.7. The SMILES string of the molecule is CC(C)(C)OC(=O)N1CCC(n2ccc(-n3ccc4nnc(Cl)cc43)n2)CC1. The summed E-state index contributed by atoms with van der Waals surface area (Å²) in [6, 6.07) is 5.88. The molecule has 9 heteroatoms. The summed E-state index contributed by atoms with van der Waals surface area (Å²) in [4.78, 5) is 14.0. The van der Waals surface area contributed by atoms with Gasteiger partial charge in [0.2, 0.25) is 0 Å². The number of carbonyl (C=O) groups excluding carboxylic acids is 1. The van der Waals surface area contributed by atoms with E-state index < -0.39 is 5.60 Å². The van der Waals surface area contributed by atoms with Gasteiger partial charge in [-0.1, -0.05) is 11.6 Å². The first-order valence-corrected chi connectivity index (χ1v) is 9.72. The summed E-state index contributed by atoms with van der Waals surface area (Å²) in [6.45, 7) is 6.96. The van der Waals surface area contributed by atoms with Gasteiger partial charge in [0.15, 0.2) is 11.0 Å². The van der Waals surface area contributed by atoms with E-state index in [0.717, 1.165) is 29.7 Å². The van der Waals surface area contributed by atoms with E-state index in [4.69, 9.17) is 21.4 Å². The van der Waals surface area contributed by atoms with Crippen molar-refractivity contribution in [3.63, 3.8) is 0 Å². The molecule has 3 aromatic rings. The zero-order chi connectivity index (χ0) is 19.9. The van der Waals surface area contributed by atoms with E-state index in [9.17, 15) is 4.79 Å². The highest BCUT2D eigenvalue weighted by Crippen LogP contribution is 2.25. The molecule has 3 aromatic heterocycles. The zero-order valence-corrected chi connectivity index (χ0v) is 16.9. The molecule has 1 amide bonds. The lowest BCUT2D eigenvalue weighted by Gasteiger charge is -2.33. The number of amides is 1. The molecule has 1 aliphatic rings. The second-order valence-electron chi connectivity index (χ2n) is 7.98.